The van der Waals surface area contributed by atoms with Crippen LogP contribution in [0.25, 0.3) is 0 Å². The highest BCUT2D eigenvalue weighted by Crippen LogP contribution is 2.66. The molecule has 0 saturated heterocycles. The Morgan fingerprint density at radius 3 is 2.74 bits per heavy atom. The van der Waals surface area contributed by atoms with Gasteiger partial charge >= 0.3 is 5.97 Å². The van der Waals surface area contributed by atoms with Crippen LogP contribution in [-0.2, 0) is 9.53 Å². The number of fused-ring (bicyclic) bond motifs is 5. The van der Waals surface area contributed by atoms with E-state index in [0.717, 1.165) is 18.3 Å². The van der Waals surface area contributed by atoms with Crippen molar-refractivity contribution < 1.29 is 14.6 Å². The van der Waals surface area contributed by atoms with E-state index in [0.29, 0.717) is 23.9 Å². The zero-order chi connectivity index (χ0) is 16.4. The molecule has 128 valence electrons. The molecule has 1 aliphatic heterocycles. The predicted molar refractivity (Wildman–Crippen MR) is 88.6 cm³/mol. The summed E-state index contributed by atoms with van der Waals surface area (Å²) in [7, 11) is 0. The monoisotopic (exact) mass is 318 g/mol. The van der Waals surface area contributed by atoms with Crippen molar-refractivity contribution in [1.82, 2.24) is 0 Å². The molecule has 4 rings (SSSR count). The fraction of sp³-hybridized carbons (Fsp3) is 0.850. The van der Waals surface area contributed by atoms with Gasteiger partial charge < -0.3 is 9.84 Å². The number of esters is 1. The minimum Gasteiger partial charge on any atom is -0.462 e. The van der Waals surface area contributed by atoms with Gasteiger partial charge in [0.2, 0.25) is 0 Å². The fourth-order valence-corrected chi connectivity index (χ4v) is 7.00. The fourth-order valence-electron chi connectivity index (χ4n) is 7.00. The Bertz CT molecular complexity index is 551. The zero-order valence-electron chi connectivity index (χ0n) is 14.7. The standard InChI is InChI=1S/C20H30O3/c1-12(21)15-6-7-16-14-5-4-13-10-18(22)23-11-20(13,3)17(14)8-9-19(15,16)2/h10,12,14-17,21H,4-9,11H2,1-3H3/t12?,14-,15+,16-,17-,19+,20-/m0/s1. The highest BCUT2D eigenvalue weighted by molar-refractivity contribution is 5.84. The van der Waals surface area contributed by atoms with Gasteiger partial charge in [0.25, 0.3) is 0 Å². The van der Waals surface area contributed by atoms with E-state index < -0.39 is 0 Å². The Labute approximate surface area is 139 Å². The van der Waals surface area contributed by atoms with Crippen molar-refractivity contribution >= 4 is 5.97 Å². The van der Waals surface area contributed by atoms with Crippen LogP contribution in [0, 0.1) is 34.5 Å². The van der Waals surface area contributed by atoms with Gasteiger partial charge in [0.15, 0.2) is 0 Å². The molecule has 0 spiro atoms. The average molecular weight is 318 g/mol. The third-order valence-electron chi connectivity index (χ3n) is 8.20. The molecule has 1 N–H and O–H groups in total. The summed E-state index contributed by atoms with van der Waals surface area (Å²) in [5.74, 6) is 2.42. The van der Waals surface area contributed by atoms with Crippen molar-refractivity contribution in [3.8, 4) is 0 Å². The molecule has 1 heterocycles. The summed E-state index contributed by atoms with van der Waals surface area (Å²) in [5, 5.41) is 10.3. The molecule has 3 heteroatoms. The number of hydrogen-bond donors (Lipinski definition) is 1. The molecule has 3 fully saturated rings. The topological polar surface area (TPSA) is 46.5 Å². The van der Waals surface area contributed by atoms with Gasteiger partial charge in [-0.05, 0) is 74.5 Å². The molecule has 0 aromatic heterocycles. The molecule has 23 heavy (non-hydrogen) atoms. The molecule has 3 nitrogen and oxygen atoms in total. The van der Waals surface area contributed by atoms with Crippen LogP contribution in [0.2, 0.25) is 0 Å². The maximum absolute atomic E-state index is 11.6. The number of carbonyl (C=O) groups is 1. The Balaban J connectivity index is 1.66. The number of aliphatic hydroxyl groups excluding tert-OH is 1. The Hall–Kier alpha value is -0.830. The Morgan fingerprint density at radius 1 is 1.22 bits per heavy atom. The number of hydrogen-bond acceptors (Lipinski definition) is 3. The maximum atomic E-state index is 11.6. The quantitative estimate of drug-likeness (QED) is 0.750. The van der Waals surface area contributed by atoms with Gasteiger partial charge in [0.1, 0.15) is 6.61 Å². The first kappa shape index (κ1) is 15.7. The number of rotatable bonds is 1. The lowest BCUT2D eigenvalue weighted by Gasteiger charge is -2.57. The van der Waals surface area contributed by atoms with E-state index >= 15 is 0 Å². The molecule has 3 saturated carbocycles. The van der Waals surface area contributed by atoms with Crippen LogP contribution < -0.4 is 0 Å². The normalized spacial score (nSPS) is 50.3. The third-order valence-corrected chi connectivity index (χ3v) is 8.20. The summed E-state index contributed by atoms with van der Waals surface area (Å²) in [6.45, 7) is 7.31. The highest BCUT2D eigenvalue weighted by Gasteiger charge is 2.59. The second kappa shape index (κ2) is 5.08. The van der Waals surface area contributed by atoms with Crippen LogP contribution in [0.4, 0.5) is 0 Å². The largest absolute Gasteiger partial charge is 0.462 e. The van der Waals surface area contributed by atoms with Crippen LogP contribution in [0.3, 0.4) is 0 Å². The van der Waals surface area contributed by atoms with Gasteiger partial charge in [-0.1, -0.05) is 19.4 Å². The van der Waals surface area contributed by atoms with Gasteiger partial charge in [-0.15, -0.1) is 0 Å². The summed E-state index contributed by atoms with van der Waals surface area (Å²) >= 11 is 0. The lowest BCUT2D eigenvalue weighted by atomic mass is 9.48. The maximum Gasteiger partial charge on any atom is 0.330 e. The van der Waals surface area contributed by atoms with Crippen LogP contribution in [0.15, 0.2) is 11.6 Å². The number of aliphatic hydroxyl groups is 1. The molecule has 0 aromatic rings. The van der Waals surface area contributed by atoms with E-state index in [2.05, 4.69) is 13.8 Å². The summed E-state index contributed by atoms with van der Waals surface area (Å²) < 4.78 is 5.44. The smallest absolute Gasteiger partial charge is 0.330 e. The predicted octanol–water partition coefficient (Wildman–Crippen LogP) is 3.71. The molecule has 0 amide bonds. The van der Waals surface area contributed by atoms with Gasteiger partial charge in [-0.2, -0.15) is 0 Å². The first-order valence-corrected chi connectivity index (χ1v) is 9.42. The van der Waals surface area contributed by atoms with Crippen molar-refractivity contribution in [2.24, 2.45) is 34.5 Å². The molecule has 0 bridgehead atoms. The van der Waals surface area contributed by atoms with Crippen LogP contribution in [-0.4, -0.2) is 23.8 Å². The van der Waals surface area contributed by atoms with Gasteiger partial charge in [-0.3, -0.25) is 0 Å². The van der Waals surface area contributed by atoms with Crippen LogP contribution in [0.1, 0.15) is 59.3 Å². The molecule has 1 unspecified atom stereocenters. The van der Waals surface area contributed by atoms with Crippen molar-refractivity contribution in [1.29, 1.82) is 0 Å². The molecule has 0 aromatic carbocycles. The molecule has 3 aliphatic carbocycles. The van der Waals surface area contributed by atoms with Crippen molar-refractivity contribution in [3.05, 3.63) is 11.6 Å². The molecular weight excluding hydrogens is 288 g/mol. The van der Waals surface area contributed by atoms with Crippen molar-refractivity contribution in [2.75, 3.05) is 6.61 Å². The molecular formula is C20H30O3. The Morgan fingerprint density at radius 2 is 2.00 bits per heavy atom. The molecule has 4 aliphatic rings. The second-order valence-electron chi connectivity index (χ2n) is 9.08. The minimum atomic E-state index is -0.188. The first-order valence-electron chi connectivity index (χ1n) is 9.42. The minimum absolute atomic E-state index is 0.0566. The van der Waals surface area contributed by atoms with Crippen molar-refractivity contribution in [3.63, 3.8) is 0 Å². The van der Waals surface area contributed by atoms with Gasteiger partial charge in [-0.25, -0.2) is 4.79 Å². The second-order valence-corrected chi connectivity index (χ2v) is 9.08. The number of carbonyl (C=O) groups excluding carboxylic acids is 1. The van der Waals surface area contributed by atoms with Crippen LogP contribution >= 0.6 is 0 Å². The lowest BCUT2D eigenvalue weighted by Crippen LogP contribution is -2.52. The van der Waals surface area contributed by atoms with Crippen molar-refractivity contribution in [2.45, 2.75) is 65.4 Å². The SMILES string of the molecule is CC(O)[C@H]1CC[C@H]2[C@@H]3CCC4=CC(=O)OC[C@]4(C)[C@H]3CC[C@]12C. The first-order chi connectivity index (χ1) is 10.9. The summed E-state index contributed by atoms with van der Waals surface area (Å²) in [4.78, 5) is 11.6. The van der Waals surface area contributed by atoms with E-state index in [1.54, 1.807) is 6.08 Å². The molecule has 0 radical (unpaired) electrons. The summed E-state index contributed by atoms with van der Waals surface area (Å²) in [6.07, 6.45) is 8.73. The van der Waals surface area contributed by atoms with E-state index in [-0.39, 0.29) is 17.5 Å². The lowest BCUT2D eigenvalue weighted by molar-refractivity contribution is -0.148. The highest BCUT2D eigenvalue weighted by atomic mass is 16.5. The van der Waals surface area contributed by atoms with Gasteiger partial charge in [0, 0.05) is 11.5 Å². The average Bonchev–Trinajstić information content (AvgIpc) is 2.85. The van der Waals surface area contributed by atoms with Crippen LogP contribution in [0.5, 0.6) is 0 Å². The van der Waals surface area contributed by atoms with E-state index in [4.69, 9.17) is 4.74 Å². The third kappa shape index (κ3) is 2.08. The van der Waals surface area contributed by atoms with Gasteiger partial charge in [0.05, 0.1) is 6.10 Å². The Kier molecular flexibility index (Phi) is 3.46. The summed E-state index contributed by atoms with van der Waals surface area (Å²) in [5.41, 5.74) is 1.70. The zero-order valence-corrected chi connectivity index (χ0v) is 14.7. The number of cyclic esters (lactones) is 1. The van der Waals surface area contributed by atoms with E-state index in [9.17, 15) is 9.90 Å². The van der Waals surface area contributed by atoms with E-state index in [1.165, 1.54) is 37.7 Å². The van der Waals surface area contributed by atoms with E-state index in [1.807, 2.05) is 6.92 Å². The molecule has 7 atom stereocenters. The number of ether oxygens (including phenoxy) is 1. The summed E-state index contributed by atoms with van der Waals surface area (Å²) in [6, 6.07) is 0.